The van der Waals surface area contributed by atoms with E-state index in [-0.39, 0.29) is 24.2 Å². The third-order valence-corrected chi connectivity index (χ3v) is 5.45. The Labute approximate surface area is 157 Å². The van der Waals surface area contributed by atoms with Crippen LogP contribution in [0.25, 0.3) is 11.1 Å². The van der Waals surface area contributed by atoms with Crippen molar-refractivity contribution in [2.24, 2.45) is 11.7 Å². The van der Waals surface area contributed by atoms with Gasteiger partial charge in [-0.1, -0.05) is 42.5 Å². The smallest absolute Gasteiger partial charge is 0.408 e. The molecule has 0 radical (unpaired) electrons. The molecule has 2 N–H and O–H groups in total. The van der Waals surface area contributed by atoms with E-state index in [4.69, 9.17) is 10.2 Å². The van der Waals surface area contributed by atoms with Crippen molar-refractivity contribution in [2.45, 2.75) is 18.9 Å². The molecule has 0 spiro atoms. The Kier molecular flexibility index (Phi) is 4.81. The van der Waals surface area contributed by atoms with Crippen LogP contribution in [0.4, 0.5) is 0 Å². The molecule has 140 valence electrons. The second kappa shape index (κ2) is 7.40. The van der Waals surface area contributed by atoms with Crippen molar-refractivity contribution in [3.8, 4) is 0 Å². The summed E-state index contributed by atoms with van der Waals surface area (Å²) in [7, 11) is 0. The summed E-state index contributed by atoms with van der Waals surface area (Å²) < 4.78 is 6.76. The van der Waals surface area contributed by atoms with Gasteiger partial charge in [-0.3, -0.25) is 9.36 Å². The predicted molar refractivity (Wildman–Crippen MR) is 103 cm³/mol. The highest BCUT2D eigenvalue weighted by Gasteiger charge is 2.35. The maximum absolute atomic E-state index is 12.8. The fourth-order valence-electron chi connectivity index (χ4n) is 3.98. The topological polar surface area (TPSA) is 81.5 Å². The molecular weight excluding hydrogens is 342 g/mol. The van der Waals surface area contributed by atoms with Gasteiger partial charge in [0, 0.05) is 32.0 Å². The Bertz CT molecular complexity index is 993. The third-order valence-electron chi connectivity index (χ3n) is 5.45. The lowest BCUT2D eigenvalue weighted by molar-refractivity contribution is -0.130. The minimum Gasteiger partial charge on any atom is -0.408 e. The number of hydrogen-bond acceptors (Lipinski definition) is 4. The van der Waals surface area contributed by atoms with E-state index >= 15 is 0 Å². The van der Waals surface area contributed by atoms with Crippen molar-refractivity contribution in [3.63, 3.8) is 0 Å². The number of likely N-dealkylation sites (tertiary alicyclic amines) is 1. The third kappa shape index (κ3) is 3.40. The van der Waals surface area contributed by atoms with Crippen molar-refractivity contribution in [3.05, 3.63) is 70.7 Å². The summed E-state index contributed by atoms with van der Waals surface area (Å²) >= 11 is 0. The van der Waals surface area contributed by atoms with Gasteiger partial charge in [-0.25, -0.2) is 4.79 Å². The van der Waals surface area contributed by atoms with E-state index in [2.05, 4.69) is 12.1 Å². The highest BCUT2D eigenvalue weighted by Crippen LogP contribution is 2.32. The Balaban J connectivity index is 1.46. The van der Waals surface area contributed by atoms with Gasteiger partial charge in [0.1, 0.15) is 0 Å². The zero-order valence-electron chi connectivity index (χ0n) is 15.1. The molecule has 1 aliphatic heterocycles. The number of aromatic nitrogens is 1. The molecule has 2 heterocycles. The molecular formula is C21H23N3O3. The molecule has 27 heavy (non-hydrogen) atoms. The van der Waals surface area contributed by atoms with Gasteiger partial charge in [0.2, 0.25) is 5.91 Å². The van der Waals surface area contributed by atoms with Crippen LogP contribution in [0.2, 0.25) is 0 Å². The molecule has 1 fully saturated rings. The maximum Gasteiger partial charge on any atom is 0.419 e. The first-order chi connectivity index (χ1) is 13.2. The molecule has 6 heteroatoms. The highest BCUT2D eigenvalue weighted by atomic mass is 16.4. The number of fused-ring (bicyclic) bond motifs is 1. The minimum atomic E-state index is -0.424. The SMILES string of the molecule is NC[C@@H]1CN(C(=O)CCn2c(=O)oc3ccccc32)C[C@H]1c1ccccc1. The quantitative estimate of drug-likeness (QED) is 0.751. The molecule has 1 aliphatic rings. The number of nitrogens with two attached hydrogens (primary N) is 1. The number of para-hydroxylation sites is 2. The van der Waals surface area contributed by atoms with Crippen LogP contribution >= 0.6 is 0 Å². The van der Waals surface area contributed by atoms with E-state index < -0.39 is 5.76 Å². The first kappa shape index (κ1) is 17.5. The summed E-state index contributed by atoms with van der Waals surface area (Å²) in [5.74, 6) is 0.142. The standard InChI is InChI=1S/C21H23N3O3/c22-12-16-13-23(14-17(16)15-6-2-1-3-7-15)20(25)10-11-24-18-8-4-5-9-19(18)27-21(24)26/h1-9,16-17H,10-14,22H2/t16-,17+/m1/s1. The second-order valence-electron chi connectivity index (χ2n) is 7.05. The van der Waals surface area contributed by atoms with Crippen LogP contribution in [0.5, 0.6) is 0 Å². The lowest BCUT2D eigenvalue weighted by atomic mass is 9.89. The number of aryl methyl sites for hydroxylation is 1. The Hall–Kier alpha value is -2.86. The normalized spacial score (nSPS) is 19.7. The monoisotopic (exact) mass is 365 g/mol. The van der Waals surface area contributed by atoms with E-state index in [1.165, 1.54) is 10.1 Å². The van der Waals surface area contributed by atoms with Gasteiger partial charge in [0.25, 0.3) is 0 Å². The summed E-state index contributed by atoms with van der Waals surface area (Å²) in [4.78, 5) is 26.7. The van der Waals surface area contributed by atoms with Crippen LogP contribution in [0.3, 0.4) is 0 Å². The van der Waals surface area contributed by atoms with E-state index in [1.54, 1.807) is 6.07 Å². The van der Waals surface area contributed by atoms with Gasteiger partial charge >= 0.3 is 5.76 Å². The zero-order chi connectivity index (χ0) is 18.8. The van der Waals surface area contributed by atoms with E-state index in [0.717, 1.165) is 5.52 Å². The van der Waals surface area contributed by atoms with Crippen LogP contribution in [0.15, 0.2) is 63.8 Å². The first-order valence-corrected chi connectivity index (χ1v) is 9.28. The average Bonchev–Trinajstić information content (AvgIpc) is 3.27. The van der Waals surface area contributed by atoms with Gasteiger partial charge in [-0.2, -0.15) is 0 Å². The van der Waals surface area contributed by atoms with Crippen LogP contribution < -0.4 is 11.5 Å². The molecule has 1 amide bonds. The molecule has 1 aromatic heterocycles. The Morgan fingerprint density at radius 3 is 2.59 bits per heavy atom. The molecule has 0 bridgehead atoms. The van der Waals surface area contributed by atoms with Gasteiger partial charge in [-0.05, 0) is 30.2 Å². The number of amides is 1. The largest absolute Gasteiger partial charge is 0.419 e. The number of carbonyl (C=O) groups excluding carboxylic acids is 1. The number of benzene rings is 2. The van der Waals surface area contributed by atoms with Crippen LogP contribution in [0.1, 0.15) is 17.9 Å². The summed E-state index contributed by atoms with van der Waals surface area (Å²) in [6, 6.07) is 17.5. The average molecular weight is 365 g/mol. The molecule has 6 nitrogen and oxygen atoms in total. The van der Waals surface area contributed by atoms with Gasteiger partial charge < -0.3 is 15.1 Å². The molecule has 0 unspecified atom stereocenters. The number of rotatable bonds is 5. The number of nitrogens with zero attached hydrogens (tertiary/aromatic N) is 2. The van der Waals surface area contributed by atoms with Crippen molar-refractivity contribution in [2.75, 3.05) is 19.6 Å². The van der Waals surface area contributed by atoms with Crippen LogP contribution in [0, 0.1) is 5.92 Å². The summed E-state index contributed by atoms with van der Waals surface area (Å²) in [5.41, 5.74) is 8.45. The molecule has 0 aliphatic carbocycles. The molecule has 1 saturated heterocycles. The summed E-state index contributed by atoms with van der Waals surface area (Å²) in [5, 5.41) is 0. The molecule has 2 atom stereocenters. The highest BCUT2D eigenvalue weighted by molar-refractivity contribution is 5.77. The number of oxazole rings is 1. The van der Waals surface area contributed by atoms with Crippen LogP contribution in [-0.4, -0.2) is 35.0 Å². The Morgan fingerprint density at radius 1 is 1.07 bits per heavy atom. The van der Waals surface area contributed by atoms with Crippen molar-refractivity contribution in [1.82, 2.24) is 9.47 Å². The number of carbonyl (C=O) groups is 1. The van der Waals surface area contributed by atoms with Crippen molar-refractivity contribution >= 4 is 17.0 Å². The minimum absolute atomic E-state index is 0.0454. The summed E-state index contributed by atoms with van der Waals surface area (Å²) in [6.45, 7) is 2.20. The number of hydrogen-bond donors (Lipinski definition) is 1. The van der Waals surface area contributed by atoms with Gasteiger partial charge in [-0.15, -0.1) is 0 Å². The summed E-state index contributed by atoms with van der Waals surface area (Å²) in [6.07, 6.45) is 0.266. The molecule has 3 aromatic rings. The fraction of sp³-hybridized carbons (Fsp3) is 0.333. The fourth-order valence-corrected chi connectivity index (χ4v) is 3.98. The van der Waals surface area contributed by atoms with E-state index in [0.29, 0.717) is 31.8 Å². The lowest BCUT2D eigenvalue weighted by Gasteiger charge is -2.17. The Morgan fingerprint density at radius 2 is 1.81 bits per heavy atom. The van der Waals surface area contributed by atoms with E-state index in [1.807, 2.05) is 41.3 Å². The molecule has 2 aromatic carbocycles. The van der Waals surface area contributed by atoms with Gasteiger partial charge in [0.05, 0.1) is 5.52 Å². The first-order valence-electron chi connectivity index (χ1n) is 9.28. The van der Waals surface area contributed by atoms with Crippen molar-refractivity contribution in [1.29, 1.82) is 0 Å². The van der Waals surface area contributed by atoms with Crippen molar-refractivity contribution < 1.29 is 9.21 Å². The predicted octanol–water partition coefficient (Wildman–Crippen LogP) is 2.19. The molecule has 4 rings (SSSR count). The second-order valence-corrected chi connectivity index (χ2v) is 7.05. The van der Waals surface area contributed by atoms with E-state index in [9.17, 15) is 9.59 Å². The lowest BCUT2D eigenvalue weighted by Crippen LogP contribution is -2.31. The maximum atomic E-state index is 12.8. The molecule has 0 saturated carbocycles. The zero-order valence-corrected chi connectivity index (χ0v) is 15.1. The van der Waals surface area contributed by atoms with Gasteiger partial charge in [0.15, 0.2) is 5.58 Å². The van der Waals surface area contributed by atoms with Crippen LogP contribution in [-0.2, 0) is 11.3 Å².